The lowest BCUT2D eigenvalue weighted by molar-refractivity contribution is -0.0519. The maximum atomic E-state index is 10.4. The predicted molar refractivity (Wildman–Crippen MR) is 102 cm³/mol. The number of aryl methyl sites for hydroxylation is 1. The highest BCUT2D eigenvalue weighted by Crippen LogP contribution is 2.33. The fourth-order valence-electron chi connectivity index (χ4n) is 3.51. The number of nitrogens with zero attached hydrogens (tertiary/aromatic N) is 4. The molecule has 4 N–H and O–H groups in total. The average molecular weight is 385 g/mol. The molecule has 2 aromatic heterocycles. The minimum atomic E-state index is -1.20. The smallest absolute Gasteiger partial charge is 0.167 e. The molecule has 9 heteroatoms. The standard InChI is InChI=1S/C19H23N5O4/c1-11-23-14-17(20-8-7-12-5-3-2-4-6-12)21-10-22-18(14)24(11)19-16(27)15(26)13(9-25)28-19/h2-6,10,13,15-16,19,25-27H,7-9H2,1H3,(H,20,21,22)/t13-,15-,16-,19-/m1/s1. The lowest BCUT2D eigenvalue weighted by Gasteiger charge is -2.18. The van der Waals surface area contributed by atoms with E-state index >= 15 is 0 Å². The molecule has 0 spiro atoms. The summed E-state index contributed by atoms with van der Waals surface area (Å²) in [6.07, 6.45) is -1.87. The molecule has 0 aliphatic carbocycles. The van der Waals surface area contributed by atoms with E-state index in [1.54, 1.807) is 11.5 Å². The van der Waals surface area contributed by atoms with E-state index < -0.39 is 24.5 Å². The Morgan fingerprint density at radius 3 is 2.64 bits per heavy atom. The van der Waals surface area contributed by atoms with E-state index in [9.17, 15) is 15.3 Å². The molecule has 4 rings (SSSR count). The molecule has 0 unspecified atom stereocenters. The molecular weight excluding hydrogens is 362 g/mol. The number of imidazole rings is 1. The maximum Gasteiger partial charge on any atom is 0.167 e. The number of benzene rings is 1. The molecule has 1 aromatic carbocycles. The number of fused-ring (bicyclic) bond motifs is 1. The zero-order valence-corrected chi connectivity index (χ0v) is 15.4. The van der Waals surface area contributed by atoms with Crippen molar-refractivity contribution in [3.05, 3.63) is 48.0 Å². The summed E-state index contributed by atoms with van der Waals surface area (Å²) in [6, 6.07) is 10.1. The van der Waals surface area contributed by atoms with Gasteiger partial charge in [0.05, 0.1) is 6.61 Å². The van der Waals surface area contributed by atoms with Crippen LogP contribution in [0.5, 0.6) is 0 Å². The van der Waals surface area contributed by atoms with E-state index in [-0.39, 0.29) is 6.61 Å². The Labute approximate surface area is 161 Å². The van der Waals surface area contributed by atoms with Crippen molar-refractivity contribution in [3.8, 4) is 0 Å². The Morgan fingerprint density at radius 2 is 1.93 bits per heavy atom. The van der Waals surface area contributed by atoms with Crippen LogP contribution in [-0.2, 0) is 11.2 Å². The molecule has 9 nitrogen and oxygen atoms in total. The van der Waals surface area contributed by atoms with Gasteiger partial charge in [-0.25, -0.2) is 15.0 Å². The number of aliphatic hydroxyl groups excluding tert-OH is 3. The molecule has 1 aliphatic rings. The van der Waals surface area contributed by atoms with E-state index in [0.29, 0.717) is 29.4 Å². The van der Waals surface area contributed by atoms with Crippen LogP contribution < -0.4 is 5.32 Å². The third kappa shape index (κ3) is 3.33. The van der Waals surface area contributed by atoms with E-state index in [2.05, 4.69) is 32.4 Å². The van der Waals surface area contributed by atoms with Gasteiger partial charge in [0.15, 0.2) is 23.2 Å². The van der Waals surface area contributed by atoms with Gasteiger partial charge in [0.25, 0.3) is 0 Å². The molecular formula is C19H23N5O4. The lowest BCUT2D eigenvalue weighted by Crippen LogP contribution is -2.33. The molecule has 0 bridgehead atoms. The minimum Gasteiger partial charge on any atom is -0.394 e. The van der Waals surface area contributed by atoms with Crippen LogP contribution in [0.4, 0.5) is 5.82 Å². The average Bonchev–Trinajstić information content (AvgIpc) is 3.19. The zero-order valence-electron chi connectivity index (χ0n) is 15.4. The fourth-order valence-corrected chi connectivity index (χ4v) is 3.51. The largest absolute Gasteiger partial charge is 0.394 e. The number of aromatic nitrogens is 4. The summed E-state index contributed by atoms with van der Waals surface area (Å²) >= 11 is 0. The number of rotatable bonds is 6. The van der Waals surface area contributed by atoms with E-state index in [0.717, 1.165) is 6.42 Å². The van der Waals surface area contributed by atoms with Crippen LogP contribution in [0.1, 0.15) is 17.6 Å². The van der Waals surface area contributed by atoms with Gasteiger partial charge in [0.1, 0.15) is 30.5 Å². The molecule has 0 saturated carbocycles. The quantitative estimate of drug-likeness (QED) is 0.481. The summed E-state index contributed by atoms with van der Waals surface area (Å²) in [7, 11) is 0. The third-order valence-electron chi connectivity index (χ3n) is 4.97. The molecule has 28 heavy (non-hydrogen) atoms. The molecule has 0 amide bonds. The fraction of sp³-hybridized carbons (Fsp3) is 0.421. The van der Waals surface area contributed by atoms with Gasteiger partial charge >= 0.3 is 0 Å². The Hall–Kier alpha value is -2.59. The van der Waals surface area contributed by atoms with Gasteiger partial charge in [0.2, 0.25) is 0 Å². The monoisotopic (exact) mass is 385 g/mol. The minimum absolute atomic E-state index is 0.387. The Bertz CT molecular complexity index is 948. The Morgan fingerprint density at radius 1 is 1.14 bits per heavy atom. The van der Waals surface area contributed by atoms with E-state index in [1.807, 2.05) is 18.2 Å². The first-order chi connectivity index (χ1) is 13.6. The van der Waals surface area contributed by atoms with Crippen molar-refractivity contribution in [2.24, 2.45) is 0 Å². The summed E-state index contributed by atoms with van der Waals surface area (Å²) in [4.78, 5) is 13.1. The van der Waals surface area contributed by atoms with Crippen molar-refractivity contribution >= 4 is 17.0 Å². The van der Waals surface area contributed by atoms with Crippen LogP contribution in [0.3, 0.4) is 0 Å². The first kappa shape index (κ1) is 18.8. The SMILES string of the molecule is Cc1nc2c(NCCc3ccccc3)ncnc2n1[C@@H]1O[C@H](CO)[C@@H](O)[C@H]1O. The summed E-state index contributed by atoms with van der Waals surface area (Å²) in [5.74, 6) is 1.16. The van der Waals surface area contributed by atoms with Crippen LogP contribution in [-0.4, -0.2) is 66.3 Å². The zero-order chi connectivity index (χ0) is 19.7. The molecule has 4 atom stereocenters. The topological polar surface area (TPSA) is 126 Å². The third-order valence-corrected chi connectivity index (χ3v) is 4.97. The van der Waals surface area contributed by atoms with Crippen molar-refractivity contribution in [1.82, 2.24) is 19.5 Å². The molecule has 3 heterocycles. The van der Waals surface area contributed by atoms with Crippen molar-refractivity contribution in [2.45, 2.75) is 37.9 Å². The molecule has 0 radical (unpaired) electrons. The van der Waals surface area contributed by atoms with E-state index in [4.69, 9.17) is 4.74 Å². The Balaban J connectivity index is 1.59. The van der Waals surface area contributed by atoms with Crippen LogP contribution in [0, 0.1) is 6.92 Å². The van der Waals surface area contributed by atoms with Crippen LogP contribution in [0.25, 0.3) is 11.2 Å². The number of nitrogens with one attached hydrogen (secondary N) is 1. The maximum absolute atomic E-state index is 10.4. The van der Waals surface area contributed by atoms with Crippen molar-refractivity contribution in [1.29, 1.82) is 0 Å². The second kappa shape index (κ2) is 7.80. The second-order valence-corrected chi connectivity index (χ2v) is 6.81. The van der Waals surface area contributed by atoms with Crippen molar-refractivity contribution in [2.75, 3.05) is 18.5 Å². The van der Waals surface area contributed by atoms with Crippen LogP contribution >= 0.6 is 0 Å². The number of anilines is 1. The first-order valence-corrected chi connectivity index (χ1v) is 9.20. The normalized spacial score (nSPS) is 24.7. The van der Waals surface area contributed by atoms with Crippen LogP contribution in [0.15, 0.2) is 36.7 Å². The summed E-state index contributed by atoms with van der Waals surface area (Å²) < 4.78 is 7.27. The summed E-state index contributed by atoms with van der Waals surface area (Å²) in [5.41, 5.74) is 2.27. The molecule has 148 valence electrons. The number of ether oxygens (including phenoxy) is 1. The summed E-state index contributed by atoms with van der Waals surface area (Å²) in [5, 5.41) is 33.0. The highest BCUT2D eigenvalue weighted by molar-refractivity contribution is 5.83. The van der Waals surface area contributed by atoms with Crippen molar-refractivity contribution in [3.63, 3.8) is 0 Å². The van der Waals surface area contributed by atoms with E-state index in [1.165, 1.54) is 11.9 Å². The lowest BCUT2D eigenvalue weighted by atomic mass is 10.1. The second-order valence-electron chi connectivity index (χ2n) is 6.81. The van der Waals surface area contributed by atoms with Gasteiger partial charge in [-0.05, 0) is 18.9 Å². The van der Waals surface area contributed by atoms with Crippen molar-refractivity contribution < 1.29 is 20.1 Å². The van der Waals surface area contributed by atoms with Gasteiger partial charge in [-0.2, -0.15) is 0 Å². The number of hydrogen-bond acceptors (Lipinski definition) is 8. The number of aliphatic hydroxyl groups is 3. The van der Waals surface area contributed by atoms with Gasteiger partial charge < -0.3 is 25.4 Å². The predicted octanol–water partition coefficient (Wildman–Crippen LogP) is 0.401. The van der Waals surface area contributed by atoms with Gasteiger partial charge in [-0.1, -0.05) is 30.3 Å². The first-order valence-electron chi connectivity index (χ1n) is 9.20. The molecule has 1 saturated heterocycles. The molecule has 1 fully saturated rings. The highest BCUT2D eigenvalue weighted by Gasteiger charge is 2.44. The highest BCUT2D eigenvalue weighted by atomic mass is 16.6. The Kier molecular flexibility index (Phi) is 5.23. The van der Waals surface area contributed by atoms with Gasteiger partial charge in [-0.3, -0.25) is 4.57 Å². The molecule has 3 aromatic rings. The van der Waals surface area contributed by atoms with Gasteiger partial charge in [0, 0.05) is 6.54 Å². The number of hydrogen-bond donors (Lipinski definition) is 4. The van der Waals surface area contributed by atoms with Gasteiger partial charge in [-0.15, -0.1) is 0 Å². The molecule has 1 aliphatic heterocycles. The summed E-state index contributed by atoms with van der Waals surface area (Å²) in [6.45, 7) is 2.06. The van der Waals surface area contributed by atoms with Crippen LogP contribution in [0.2, 0.25) is 0 Å².